The van der Waals surface area contributed by atoms with Crippen LogP contribution in [0.25, 0.3) is 22.0 Å². The second kappa shape index (κ2) is 9.06. The molecule has 0 atom stereocenters. The molecular formula is C26H25N3O2. The maximum absolute atomic E-state index is 5.56. The van der Waals surface area contributed by atoms with Gasteiger partial charge in [-0.05, 0) is 42.3 Å². The van der Waals surface area contributed by atoms with Crippen molar-refractivity contribution < 1.29 is 9.47 Å². The van der Waals surface area contributed by atoms with Gasteiger partial charge in [0.1, 0.15) is 0 Å². The van der Waals surface area contributed by atoms with Gasteiger partial charge in [-0.1, -0.05) is 54.6 Å². The molecule has 5 nitrogen and oxygen atoms in total. The van der Waals surface area contributed by atoms with Gasteiger partial charge < -0.3 is 20.1 Å². The first kappa shape index (κ1) is 19.4. The molecule has 0 fully saturated rings. The predicted molar refractivity (Wildman–Crippen MR) is 125 cm³/mol. The highest BCUT2D eigenvalue weighted by Crippen LogP contribution is 2.35. The first-order chi connectivity index (χ1) is 15.4. The highest BCUT2D eigenvalue weighted by Gasteiger charge is 2.16. The number of nitrogens with zero attached hydrogens (tertiary/aromatic N) is 1. The van der Waals surface area contributed by atoms with E-state index in [4.69, 9.17) is 9.47 Å². The maximum Gasteiger partial charge on any atom is 0.231 e. The van der Waals surface area contributed by atoms with Crippen LogP contribution in [0.5, 0.6) is 11.5 Å². The lowest BCUT2D eigenvalue weighted by atomic mass is 10.0. The first-order valence-electron chi connectivity index (χ1n) is 10.6. The number of pyridine rings is 1. The van der Waals surface area contributed by atoms with Gasteiger partial charge in [0.15, 0.2) is 11.5 Å². The van der Waals surface area contributed by atoms with Crippen LogP contribution in [-0.2, 0) is 6.54 Å². The number of hydrogen-bond donors (Lipinski definition) is 2. The molecule has 3 aromatic carbocycles. The van der Waals surface area contributed by atoms with Gasteiger partial charge in [0.2, 0.25) is 6.79 Å². The van der Waals surface area contributed by atoms with Crippen LogP contribution < -0.4 is 20.1 Å². The summed E-state index contributed by atoms with van der Waals surface area (Å²) in [5.41, 5.74) is 5.65. The molecule has 0 amide bonds. The molecule has 1 aliphatic rings. The van der Waals surface area contributed by atoms with Crippen LogP contribution in [0.4, 0.5) is 5.69 Å². The van der Waals surface area contributed by atoms with Gasteiger partial charge in [0.25, 0.3) is 0 Å². The van der Waals surface area contributed by atoms with Crippen LogP contribution in [0.2, 0.25) is 0 Å². The van der Waals surface area contributed by atoms with Crippen LogP contribution in [-0.4, -0.2) is 24.9 Å². The van der Waals surface area contributed by atoms with E-state index in [1.54, 1.807) is 0 Å². The largest absolute Gasteiger partial charge is 0.454 e. The summed E-state index contributed by atoms with van der Waals surface area (Å²) in [6.45, 7) is 2.88. The summed E-state index contributed by atoms with van der Waals surface area (Å²) < 4.78 is 11.0. The van der Waals surface area contributed by atoms with Crippen molar-refractivity contribution in [1.82, 2.24) is 10.3 Å². The van der Waals surface area contributed by atoms with Crippen molar-refractivity contribution in [2.75, 3.05) is 25.2 Å². The maximum atomic E-state index is 5.56. The Morgan fingerprint density at radius 2 is 1.77 bits per heavy atom. The van der Waals surface area contributed by atoms with Crippen molar-refractivity contribution in [1.29, 1.82) is 0 Å². The Balaban J connectivity index is 1.16. The topological polar surface area (TPSA) is 55.4 Å². The average Bonchev–Trinajstić information content (AvgIpc) is 3.31. The summed E-state index contributed by atoms with van der Waals surface area (Å²) in [5.74, 6) is 1.70. The smallest absolute Gasteiger partial charge is 0.231 e. The molecule has 0 radical (unpaired) electrons. The zero-order valence-electron chi connectivity index (χ0n) is 17.3. The van der Waals surface area contributed by atoms with E-state index < -0.39 is 0 Å². The minimum absolute atomic E-state index is 0.309. The summed E-state index contributed by atoms with van der Waals surface area (Å²) in [5, 5.41) is 8.20. The van der Waals surface area contributed by atoms with E-state index in [1.165, 1.54) is 11.1 Å². The van der Waals surface area contributed by atoms with Crippen LogP contribution in [0.1, 0.15) is 12.0 Å². The second-order valence-corrected chi connectivity index (χ2v) is 7.56. The molecule has 0 spiro atoms. The van der Waals surface area contributed by atoms with E-state index >= 15 is 0 Å². The van der Waals surface area contributed by atoms with Crippen LogP contribution in [0.15, 0.2) is 79.0 Å². The highest BCUT2D eigenvalue weighted by atomic mass is 16.7. The predicted octanol–water partition coefficient (Wildman–Crippen LogP) is 5.22. The standard InChI is InChI=1S/C26H25N3O2/c1-2-6-19(7-3-1)20-10-11-22-23(12-15-29-24(22)16-20)28-14-5-13-27-17-21-8-4-9-25-26(21)31-18-30-25/h1-4,6-12,15-16,27H,5,13-14,17-18H2,(H,28,29). The Labute approximate surface area is 182 Å². The van der Waals surface area contributed by atoms with Gasteiger partial charge in [-0.3, -0.25) is 4.98 Å². The molecule has 0 saturated heterocycles. The number of ether oxygens (including phenoxy) is 2. The van der Waals surface area contributed by atoms with E-state index in [0.717, 1.165) is 59.7 Å². The van der Waals surface area contributed by atoms with Gasteiger partial charge in [-0.2, -0.15) is 0 Å². The minimum atomic E-state index is 0.309. The molecule has 0 saturated carbocycles. The summed E-state index contributed by atoms with van der Waals surface area (Å²) in [4.78, 5) is 4.57. The molecule has 31 heavy (non-hydrogen) atoms. The number of benzene rings is 3. The third-order valence-electron chi connectivity index (χ3n) is 5.49. The molecule has 1 aromatic heterocycles. The number of para-hydroxylation sites is 1. The van der Waals surface area contributed by atoms with E-state index in [0.29, 0.717) is 6.79 Å². The minimum Gasteiger partial charge on any atom is -0.454 e. The van der Waals surface area contributed by atoms with Gasteiger partial charge in [-0.25, -0.2) is 0 Å². The lowest BCUT2D eigenvalue weighted by Crippen LogP contribution is -2.18. The van der Waals surface area contributed by atoms with Gasteiger partial charge in [-0.15, -0.1) is 0 Å². The van der Waals surface area contributed by atoms with Crippen molar-refractivity contribution >= 4 is 16.6 Å². The number of hydrogen-bond acceptors (Lipinski definition) is 5. The van der Waals surface area contributed by atoms with Crippen LogP contribution in [0, 0.1) is 0 Å². The Morgan fingerprint density at radius 1 is 0.839 bits per heavy atom. The number of aromatic nitrogens is 1. The van der Waals surface area contributed by atoms with Crippen molar-refractivity contribution in [2.24, 2.45) is 0 Å². The van der Waals surface area contributed by atoms with Gasteiger partial charge >= 0.3 is 0 Å². The molecule has 0 bridgehead atoms. The molecule has 2 heterocycles. The highest BCUT2D eigenvalue weighted by molar-refractivity contribution is 5.93. The molecule has 2 N–H and O–H groups in total. The number of anilines is 1. The summed E-state index contributed by atoms with van der Waals surface area (Å²) in [6, 6.07) is 24.9. The first-order valence-corrected chi connectivity index (χ1v) is 10.6. The molecule has 0 aliphatic carbocycles. The summed E-state index contributed by atoms with van der Waals surface area (Å²) >= 11 is 0. The van der Waals surface area contributed by atoms with Crippen molar-refractivity contribution in [3.63, 3.8) is 0 Å². The summed E-state index contributed by atoms with van der Waals surface area (Å²) in [6.07, 6.45) is 2.88. The molecule has 156 valence electrons. The van der Waals surface area contributed by atoms with E-state index in [9.17, 15) is 0 Å². The van der Waals surface area contributed by atoms with Gasteiger partial charge in [0, 0.05) is 35.9 Å². The fourth-order valence-corrected chi connectivity index (χ4v) is 3.90. The van der Waals surface area contributed by atoms with Gasteiger partial charge in [0.05, 0.1) is 5.52 Å². The molecule has 1 aliphatic heterocycles. The van der Waals surface area contributed by atoms with E-state index in [1.807, 2.05) is 30.5 Å². The van der Waals surface area contributed by atoms with Crippen molar-refractivity contribution in [2.45, 2.75) is 13.0 Å². The van der Waals surface area contributed by atoms with Crippen LogP contribution >= 0.6 is 0 Å². The zero-order valence-corrected chi connectivity index (χ0v) is 17.3. The Bertz CT molecular complexity index is 1180. The Morgan fingerprint density at radius 3 is 2.71 bits per heavy atom. The molecule has 5 heteroatoms. The normalized spacial score (nSPS) is 12.3. The second-order valence-electron chi connectivity index (χ2n) is 7.56. The van der Waals surface area contributed by atoms with E-state index in [2.05, 4.69) is 64.1 Å². The van der Waals surface area contributed by atoms with Crippen LogP contribution in [0.3, 0.4) is 0 Å². The Hall–Kier alpha value is -3.57. The zero-order chi connectivity index (χ0) is 20.9. The molecule has 0 unspecified atom stereocenters. The van der Waals surface area contributed by atoms with Crippen molar-refractivity contribution in [3.05, 3.63) is 84.6 Å². The molecular weight excluding hydrogens is 386 g/mol. The third kappa shape index (κ3) is 4.32. The number of fused-ring (bicyclic) bond motifs is 2. The number of nitrogens with one attached hydrogen (secondary N) is 2. The third-order valence-corrected chi connectivity index (χ3v) is 5.49. The monoisotopic (exact) mass is 411 g/mol. The Kier molecular flexibility index (Phi) is 5.67. The fourth-order valence-electron chi connectivity index (χ4n) is 3.90. The van der Waals surface area contributed by atoms with Crippen molar-refractivity contribution in [3.8, 4) is 22.6 Å². The molecule has 4 aromatic rings. The molecule has 5 rings (SSSR count). The fraction of sp³-hybridized carbons (Fsp3) is 0.192. The quantitative estimate of drug-likeness (QED) is 0.389. The number of rotatable bonds is 8. The SMILES string of the molecule is c1ccc(-c2ccc3c(NCCCNCc4cccc5c4OCO5)ccnc3c2)cc1. The lowest BCUT2D eigenvalue weighted by Gasteiger charge is -2.11. The summed E-state index contributed by atoms with van der Waals surface area (Å²) in [7, 11) is 0. The lowest BCUT2D eigenvalue weighted by molar-refractivity contribution is 0.173. The van der Waals surface area contributed by atoms with E-state index in [-0.39, 0.29) is 0 Å². The average molecular weight is 412 g/mol.